The first-order valence-electron chi connectivity index (χ1n) is 6.49. The fourth-order valence-corrected chi connectivity index (χ4v) is 2.65. The van der Waals surface area contributed by atoms with Gasteiger partial charge in [0.15, 0.2) is 0 Å². The van der Waals surface area contributed by atoms with E-state index in [0.29, 0.717) is 0 Å². The third-order valence-electron chi connectivity index (χ3n) is 2.99. The highest BCUT2D eigenvalue weighted by molar-refractivity contribution is 9.10. The molecule has 0 atom stereocenters. The van der Waals surface area contributed by atoms with Crippen molar-refractivity contribution < 1.29 is 18.1 Å². The Balaban J connectivity index is 2.42. The zero-order chi connectivity index (χ0) is 16.0. The van der Waals surface area contributed by atoms with Crippen LogP contribution < -0.4 is 0 Å². The largest absolute Gasteiger partial charge is 0.528 e. The van der Waals surface area contributed by atoms with Crippen LogP contribution in [-0.4, -0.2) is 14.2 Å². The molecule has 0 saturated carbocycles. The Hall–Kier alpha value is -1.39. The Bertz CT molecular complexity index is 675. The van der Waals surface area contributed by atoms with E-state index < -0.39 is 7.82 Å². The number of halogens is 1. The Kier molecular flexibility index (Phi) is 5.98. The van der Waals surface area contributed by atoms with Gasteiger partial charge in [0.1, 0.15) is 6.26 Å². The summed E-state index contributed by atoms with van der Waals surface area (Å²) in [6.07, 6.45) is 1.41. The third-order valence-corrected chi connectivity index (χ3v) is 4.77. The van der Waals surface area contributed by atoms with Crippen LogP contribution in [0.2, 0.25) is 0 Å². The van der Waals surface area contributed by atoms with E-state index in [1.165, 1.54) is 20.5 Å². The van der Waals surface area contributed by atoms with Crippen LogP contribution in [0.1, 0.15) is 11.1 Å². The third kappa shape index (κ3) is 4.31. The van der Waals surface area contributed by atoms with Gasteiger partial charge in [0, 0.05) is 24.3 Å². The predicted octanol–water partition coefficient (Wildman–Crippen LogP) is 5.26. The monoisotopic (exact) mass is 382 g/mol. The molecule has 0 spiro atoms. The zero-order valence-electron chi connectivity index (χ0n) is 12.2. The minimum atomic E-state index is -3.57. The SMILES string of the molecule is COP(=O)(OC)O/C=C(\c1ccccc1)c1ccc(Br)cc1. The van der Waals surface area contributed by atoms with Gasteiger partial charge in [-0.3, -0.25) is 9.05 Å². The fourth-order valence-electron chi connectivity index (χ4n) is 1.83. The second kappa shape index (κ2) is 7.75. The molecule has 2 aromatic rings. The Morgan fingerprint density at radius 2 is 1.50 bits per heavy atom. The zero-order valence-corrected chi connectivity index (χ0v) is 14.7. The topological polar surface area (TPSA) is 44.8 Å². The molecule has 0 aliphatic rings. The van der Waals surface area contributed by atoms with Crippen molar-refractivity contribution in [1.29, 1.82) is 0 Å². The fraction of sp³-hybridized carbons (Fsp3) is 0.125. The highest BCUT2D eigenvalue weighted by Gasteiger charge is 2.23. The van der Waals surface area contributed by atoms with Crippen molar-refractivity contribution in [3.05, 3.63) is 76.5 Å². The average molecular weight is 383 g/mol. The maximum atomic E-state index is 12.1. The van der Waals surface area contributed by atoms with Crippen LogP contribution in [0.4, 0.5) is 0 Å². The maximum absolute atomic E-state index is 12.1. The van der Waals surface area contributed by atoms with Crippen molar-refractivity contribution in [3.8, 4) is 0 Å². The lowest BCUT2D eigenvalue weighted by Crippen LogP contribution is -1.93. The summed E-state index contributed by atoms with van der Waals surface area (Å²) in [5, 5.41) is 0. The summed E-state index contributed by atoms with van der Waals surface area (Å²) in [5.41, 5.74) is 2.64. The van der Waals surface area contributed by atoms with Crippen molar-refractivity contribution in [2.45, 2.75) is 0 Å². The molecule has 0 N–H and O–H groups in total. The van der Waals surface area contributed by atoms with E-state index in [-0.39, 0.29) is 0 Å². The summed E-state index contributed by atoms with van der Waals surface area (Å²) in [6.45, 7) is 0. The van der Waals surface area contributed by atoms with Gasteiger partial charge in [0.05, 0.1) is 0 Å². The summed E-state index contributed by atoms with van der Waals surface area (Å²) in [4.78, 5) is 0. The standard InChI is InChI=1S/C16H16BrO4P/c1-19-22(18,20-2)21-12-16(13-6-4-3-5-7-13)14-8-10-15(17)11-9-14/h3-12H,1-2H3/b16-12+. The first kappa shape index (κ1) is 17.0. The molecule has 0 fully saturated rings. The molecule has 6 heteroatoms. The summed E-state index contributed by atoms with van der Waals surface area (Å²) in [6, 6.07) is 17.4. The van der Waals surface area contributed by atoms with Gasteiger partial charge >= 0.3 is 7.82 Å². The van der Waals surface area contributed by atoms with Gasteiger partial charge < -0.3 is 4.52 Å². The second-order valence-corrected chi connectivity index (χ2v) is 7.07. The lowest BCUT2D eigenvalue weighted by atomic mass is 9.99. The lowest BCUT2D eigenvalue weighted by Gasteiger charge is -2.14. The van der Waals surface area contributed by atoms with E-state index in [4.69, 9.17) is 13.6 Å². The number of benzene rings is 2. The van der Waals surface area contributed by atoms with Crippen molar-refractivity contribution in [2.75, 3.05) is 14.2 Å². The summed E-state index contributed by atoms with van der Waals surface area (Å²) < 4.78 is 27.9. The number of phosphoric ester groups is 1. The van der Waals surface area contributed by atoms with Crippen LogP contribution in [0.15, 0.2) is 65.3 Å². The molecule has 0 heterocycles. The van der Waals surface area contributed by atoms with Crippen molar-refractivity contribution in [2.24, 2.45) is 0 Å². The molecule has 0 aromatic heterocycles. The van der Waals surface area contributed by atoms with Gasteiger partial charge in [-0.2, -0.15) is 0 Å². The molecule has 4 nitrogen and oxygen atoms in total. The van der Waals surface area contributed by atoms with E-state index in [2.05, 4.69) is 15.9 Å². The molecule has 22 heavy (non-hydrogen) atoms. The quantitative estimate of drug-likeness (QED) is 0.505. The minimum absolute atomic E-state index is 0.780. The summed E-state index contributed by atoms with van der Waals surface area (Å²) in [7, 11) is -1.02. The molecule has 0 aliphatic heterocycles. The summed E-state index contributed by atoms with van der Waals surface area (Å²) in [5.74, 6) is 0. The van der Waals surface area contributed by atoms with Gasteiger partial charge in [-0.15, -0.1) is 0 Å². The van der Waals surface area contributed by atoms with Crippen LogP contribution in [0.5, 0.6) is 0 Å². The molecule has 116 valence electrons. The number of hydrogen-bond donors (Lipinski definition) is 0. The van der Waals surface area contributed by atoms with Crippen LogP contribution in [-0.2, 0) is 18.1 Å². The van der Waals surface area contributed by atoms with Gasteiger partial charge in [-0.1, -0.05) is 58.4 Å². The van der Waals surface area contributed by atoms with Gasteiger partial charge in [0.2, 0.25) is 0 Å². The van der Waals surface area contributed by atoms with E-state index in [1.807, 2.05) is 54.6 Å². The lowest BCUT2D eigenvalue weighted by molar-refractivity contribution is 0.194. The molecule has 0 radical (unpaired) electrons. The Labute approximate surface area is 138 Å². The molecule has 2 rings (SSSR count). The molecule has 0 unspecified atom stereocenters. The first-order chi connectivity index (χ1) is 10.6. The van der Waals surface area contributed by atoms with Crippen LogP contribution in [0, 0.1) is 0 Å². The minimum Gasteiger partial charge on any atom is -0.411 e. The van der Waals surface area contributed by atoms with Crippen molar-refractivity contribution >= 4 is 29.3 Å². The summed E-state index contributed by atoms with van der Waals surface area (Å²) >= 11 is 3.41. The van der Waals surface area contributed by atoms with Crippen LogP contribution >= 0.6 is 23.8 Å². The van der Waals surface area contributed by atoms with Gasteiger partial charge in [-0.25, -0.2) is 4.57 Å². The van der Waals surface area contributed by atoms with Crippen molar-refractivity contribution in [1.82, 2.24) is 0 Å². The van der Waals surface area contributed by atoms with Crippen molar-refractivity contribution in [3.63, 3.8) is 0 Å². The van der Waals surface area contributed by atoms with Gasteiger partial charge in [-0.05, 0) is 23.3 Å². The molecular weight excluding hydrogens is 367 g/mol. The normalized spacial score (nSPS) is 12.2. The van der Waals surface area contributed by atoms with E-state index in [9.17, 15) is 4.57 Å². The Morgan fingerprint density at radius 3 is 2.05 bits per heavy atom. The number of rotatable bonds is 6. The van der Waals surface area contributed by atoms with E-state index >= 15 is 0 Å². The van der Waals surface area contributed by atoms with E-state index in [0.717, 1.165) is 21.2 Å². The highest BCUT2D eigenvalue weighted by Crippen LogP contribution is 2.48. The molecule has 2 aromatic carbocycles. The second-order valence-electron chi connectivity index (χ2n) is 4.32. The first-order valence-corrected chi connectivity index (χ1v) is 8.75. The van der Waals surface area contributed by atoms with Crippen LogP contribution in [0.25, 0.3) is 5.57 Å². The van der Waals surface area contributed by atoms with Crippen LogP contribution in [0.3, 0.4) is 0 Å². The van der Waals surface area contributed by atoms with Gasteiger partial charge in [0.25, 0.3) is 0 Å². The maximum Gasteiger partial charge on any atom is 0.528 e. The molecule has 0 bridgehead atoms. The highest BCUT2D eigenvalue weighted by atomic mass is 79.9. The molecule has 0 saturated heterocycles. The molecule has 0 amide bonds. The number of hydrogen-bond acceptors (Lipinski definition) is 4. The molecular formula is C16H16BrO4P. The average Bonchev–Trinajstić information content (AvgIpc) is 2.57. The molecule has 0 aliphatic carbocycles. The predicted molar refractivity (Wildman–Crippen MR) is 90.4 cm³/mol. The van der Waals surface area contributed by atoms with E-state index in [1.54, 1.807) is 0 Å². The number of phosphoric acid groups is 1. The Morgan fingerprint density at radius 1 is 0.955 bits per heavy atom. The smallest absolute Gasteiger partial charge is 0.411 e.